The predicted molar refractivity (Wildman–Crippen MR) is 33.2 cm³/mol. The minimum absolute atomic E-state index is 0.165. The fourth-order valence-electron chi connectivity index (χ4n) is 0.907. The maximum absolute atomic E-state index is 11.6. The van der Waals surface area contributed by atoms with Crippen LogP contribution in [-0.4, -0.2) is 32.2 Å². The average molecular weight is 152 g/mol. The summed E-state index contributed by atoms with van der Waals surface area (Å²) < 4.78 is 35.1. The van der Waals surface area contributed by atoms with Crippen molar-refractivity contribution in [1.82, 2.24) is 5.31 Å². The Labute approximate surface area is 60.0 Å². The molecule has 60 valence electrons. The van der Waals surface area contributed by atoms with Crippen LogP contribution in [0.3, 0.4) is 0 Å². The molecule has 4 heteroatoms. The SMILES string of the molecule is [2H]N1CC[C@@H](OCC(F)F)C1. The van der Waals surface area contributed by atoms with Gasteiger partial charge in [-0.2, -0.15) is 0 Å². The van der Waals surface area contributed by atoms with Gasteiger partial charge in [0, 0.05) is 6.54 Å². The Morgan fingerprint density at radius 2 is 2.60 bits per heavy atom. The molecule has 0 spiro atoms. The molecule has 1 fully saturated rings. The van der Waals surface area contributed by atoms with Crippen molar-refractivity contribution in [2.45, 2.75) is 19.0 Å². The molecular formula is C6H11F2NO. The van der Waals surface area contributed by atoms with Crippen LogP contribution in [0.15, 0.2) is 0 Å². The van der Waals surface area contributed by atoms with E-state index in [-0.39, 0.29) is 6.10 Å². The number of ether oxygens (including phenoxy) is 1. The topological polar surface area (TPSA) is 21.3 Å². The number of hydrogen-bond acceptors (Lipinski definition) is 2. The lowest BCUT2D eigenvalue weighted by atomic mass is 10.3. The van der Waals surface area contributed by atoms with Crippen molar-refractivity contribution in [1.29, 1.82) is 0 Å². The van der Waals surface area contributed by atoms with Gasteiger partial charge < -0.3 is 10.0 Å². The molecule has 1 aliphatic heterocycles. The first-order valence-corrected chi connectivity index (χ1v) is 3.32. The van der Waals surface area contributed by atoms with E-state index in [9.17, 15) is 8.78 Å². The van der Waals surface area contributed by atoms with Gasteiger partial charge in [0.15, 0.2) is 0 Å². The van der Waals surface area contributed by atoms with E-state index < -0.39 is 13.0 Å². The van der Waals surface area contributed by atoms with Gasteiger partial charge in [-0.25, -0.2) is 8.78 Å². The molecule has 0 amide bonds. The zero-order valence-corrected chi connectivity index (χ0v) is 5.59. The van der Waals surface area contributed by atoms with Crippen LogP contribution in [0.5, 0.6) is 0 Å². The summed E-state index contributed by atoms with van der Waals surface area (Å²) >= 11 is 0. The standard InChI is InChI=1S/C6H11F2NO/c7-6(8)4-10-5-1-2-9-3-5/h5-6,9H,1-4H2/t5-/m1/s1/i/hD. The summed E-state index contributed by atoms with van der Waals surface area (Å²) in [5.74, 6) is 0. The Morgan fingerprint density at radius 1 is 1.80 bits per heavy atom. The number of halogens is 2. The van der Waals surface area contributed by atoms with E-state index in [1.807, 2.05) is 0 Å². The van der Waals surface area contributed by atoms with E-state index in [4.69, 9.17) is 6.15 Å². The first-order chi connectivity index (χ1) is 5.18. The van der Waals surface area contributed by atoms with Crippen LogP contribution < -0.4 is 5.31 Å². The Hall–Kier alpha value is -0.220. The summed E-state index contributed by atoms with van der Waals surface area (Å²) in [6.45, 7) is 0.569. The van der Waals surface area contributed by atoms with Crippen LogP contribution in [0.4, 0.5) is 8.78 Å². The van der Waals surface area contributed by atoms with E-state index in [0.29, 0.717) is 19.5 Å². The predicted octanol–water partition coefficient (Wildman–Crippen LogP) is 0.630. The largest absolute Gasteiger partial charge is 0.371 e. The van der Waals surface area contributed by atoms with E-state index in [2.05, 4.69) is 0 Å². The number of alkyl halides is 2. The van der Waals surface area contributed by atoms with Gasteiger partial charge in [0.25, 0.3) is 6.43 Å². The highest BCUT2D eigenvalue weighted by Crippen LogP contribution is 2.04. The van der Waals surface area contributed by atoms with Gasteiger partial charge in [-0.1, -0.05) is 0 Å². The third-order valence-corrected chi connectivity index (χ3v) is 1.40. The van der Waals surface area contributed by atoms with Crippen molar-refractivity contribution in [2.24, 2.45) is 0 Å². The summed E-state index contributed by atoms with van der Waals surface area (Å²) in [5.41, 5.74) is 0. The Morgan fingerprint density at radius 3 is 3.10 bits per heavy atom. The van der Waals surface area contributed by atoms with Gasteiger partial charge in [0.1, 0.15) is 8.02 Å². The molecule has 0 unspecified atom stereocenters. The lowest BCUT2D eigenvalue weighted by Crippen LogP contribution is -2.19. The Bertz CT molecular complexity index is 125. The highest BCUT2D eigenvalue weighted by atomic mass is 19.3. The van der Waals surface area contributed by atoms with Crippen molar-refractivity contribution < 1.29 is 14.9 Å². The summed E-state index contributed by atoms with van der Waals surface area (Å²) in [6.07, 6.45) is -1.87. The summed E-state index contributed by atoms with van der Waals surface area (Å²) in [4.78, 5) is 0. The molecule has 1 aliphatic rings. The van der Waals surface area contributed by atoms with E-state index in [0.717, 1.165) is 0 Å². The molecule has 1 saturated heterocycles. The Balaban J connectivity index is 2.08. The number of nitrogens with one attached hydrogen (secondary N) is 1. The van der Waals surface area contributed by atoms with Crippen molar-refractivity contribution >= 4 is 0 Å². The zero-order valence-electron chi connectivity index (χ0n) is 6.59. The van der Waals surface area contributed by atoms with Gasteiger partial charge in [0.2, 0.25) is 0 Å². The second kappa shape index (κ2) is 3.83. The highest BCUT2D eigenvalue weighted by molar-refractivity contribution is 4.70. The molecule has 0 radical (unpaired) electrons. The molecule has 0 aliphatic carbocycles. The Kier molecular flexibility index (Phi) is 2.48. The lowest BCUT2D eigenvalue weighted by molar-refractivity contribution is -0.0162. The van der Waals surface area contributed by atoms with Crippen LogP contribution >= 0.6 is 0 Å². The van der Waals surface area contributed by atoms with Crippen molar-refractivity contribution in [3.05, 3.63) is 0 Å². The molecule has 0 bridgehead atoms. The molecule has 10 heavy (non-hydrogen) atoms. The number of hydrogen-bond donors (Lipinski definition) is 1. The normalized spacial score (nSPS) is 29.5. The molecule has 1 atom stereocenters. The maximum Gasteiger partial charge on any atom is 0.261 e. The van der Waals surface area contributed by atoms with Crippen molar-refractivity contribution in [2.75, 3.05) is 19.7 Å². The molecule has 1 rings (SSSR count). The summed E-state index contributed by atoms with van der Waals surface area (Å²) in [7, 11) is 0. The summed E-state index contributed by atoms with van der Waals surface area (Å²) in [6, 6.07) is 0. The number of rotatable bonds is 3. The minimum Gasteiger partial charge on any atom is -0.371 e. The lowest BCUT2D eigenvalue weighted by Gasteiger charge is -2.08. The van der Waals surface area contributed by atoms with Gasteiger partial charge >= 0.3 is 0 Å². The van der Waals surface area contributed by atoms with Crippen LogP contribution in [0.2, 0.25) is 1.41 Å². The molecule has 2 nitrogen and oxygen atoms in total. The molecular weight excluding hydrogens is 140 g/mol. The second-order valence-electron chi connectivity index (χ2n) is 2.26. The van der Waals surface area contributed by atoms with Crippen molar-refractivity contribution in [3.63, 3.8) is 0 Å². The van der Waals surface area contributed by atoms with Gasteiger partial charge in [-0.3, -0.25) is 0 Å². The third-order valence-electron chi connectivity index (χ3n) is 1.40. The second-order valence-corrected chi connectivity index (χ2v) is 2.26. The highest BCUT2D eigenvalue weighted by Gasteiger charge is 2.16. The molecule has 0 saturated carbocycles. The fraction of sp³-hybridized carbons (Fsp3) is 1.00. The minimum atomic E-state index is -2.39. The molecule has 0 aromatic rings. The average Bonchev–Trinajstić information content (AvgIpc) is 2.31. The summed E-state index contributed by atoms with van der Waals surface area (Å²) in [5, 5.41) is 1.33. The fourth-order valence-corrected chi connectivity index (χ4v) is 0.907. The zero-order chi connectivity index (χ0) is 8.27. The van der Waals surface area contributed by atoms with Crippen LogP contribution in [0.25, 0.3) is 0 Å². The molecule has 1 heterocycles. The smallest absolute Gasteiger partial charge is 0.261 e. The van der Waals surface area contributed by atoms with Gasteiger partial charge in [-0.15, -0.1) is 0 Å². The maximum atomic E-state index is 11.6. The van der Waals surface area contributed by atoms with Crippen LogP contribution in [0.1, 0.15) is 6.42 Å². The molecule has 0 aromatic carbocycles. The van der Waals surface area contributed by atoms with Crippen LogP contribution in [0, 0.1) is 0 Å². The van der Waals surface area contributed by atoms with Crippen LogP contribution in [-0.2, 0) is 4.74 Å². The van der Waals surface area contributed by atoms with Crippen molar-refractivity contribution in [3.8, 4) is 0 Å². The van der Waals surface area contributed by atoms with Gasteiger partial charge in [-0.05, 0) is 13.0 Å². The molecule has 0 aromatic heterocycles. The monoisotopic (exact) mass is 152 g/mol. The first kappa shape index (κ1) is 6.49. The third kappa shape index (κ3) is 2.58. The van der Waals surface area contributed by atoms with E-state index >= 15 is 0 Å². The van der Waals surface area contributed by atoms with E-state index in [1.54, 1.807) is 0 Å². The van der Waals surface area contributed by atoms with E-state index in [1.165, 1.54) is 5.31 Å². The molecule has 1 N–H and O–H groups in total. The first-order valence-electron chi connectivity index (χ1n) is 3.77. The quantitative estimate of drug-likeness (QED) is 0.640. The van der Waals surface area contributed by atoms with Gasteiger partial charge in [0.05, 0.1) is 6.10 Å².